The maximum absolute atomic E-state index is 13.4. The van der Waals surface area contributed by atoms with Crippen molar-refractivity contribution in [3.8, 4) is 187 Å². The molecule has 33 heteroatoms. The van der Waals surface area contributed by atoms with Crippen molar-refractivity contribution in [3.63, 3.8) is 0 Å². The Morgan fingerprint density at radius 1 is 0.308 bits per heavy atom. The van der Waals surface area contributed by atoms with E-state index in [9.17, 15) is 49.6 Å². The minimum Gasteiger partial charge on any atom is -0.496 e. The van der Waals surface area contributed by atoms with E-state index in [2.05, 4.69) is 116 Å². The molecule has 143 heavy (non-hydrogen) atoms. The highest BCUT2D eigenvalue weighted by atomic mass is 32.1. The van der Waals surface area contributed by atoms with E-state index < -0.39 is 40.5 Å². The molecule has 0 amide bonds. The second-order valence-electron chi connectivity index (χ2n) is 32.9. The number of aromatic nitrogens is 10. The Bertz CT molecular complexity index is 7670. The van der Waals surface area contributed by atoms with Crippen LogP contribution in [0.1, 0.15) is 82.5 Å². The fourth-order valence-electron chi connectivity index (χ4n) is 16.5. The van der Waals surface area contributed by atoms with Crippen LogP contribution >= 0.6 is 11.3 Å². The quantitative estimate of drug-likeness (QED) is 0.0367. The largest absolute Gasteiger partial charge is 0.573 e. The number of nitro benzene ring substituents is 1. The van der Waals surface area contributed by atoms with Crippen LogP contribution in [0.5, 0.6) is 28.7 Å². The molecule has 0 unspecified atom stereocenters. The lowest BCUT2D eigenvalue weighted by Crippen LogP contribution is -2.17. The van der Waals surface area contributed by atoms with E-state index in [0.717, 1.165) is 63.1 Å². The van der Waals surface area contributed by atoms with Gasteiger partial charge in [-0.15, -0.1) is 13.2 Å². The van der Waals surface area contributed by atoms with Gasteiger partial charge in [-0.05, 0) is 270 Å². The van der Waals surface area contributed by atoms with Gasteiger partial charge in [0.1, 0.15) is 28.7 Å². The summed E-state index contributed by atoms with van der Waals surface area (Å²) in [6, 6.07) is 82.9. The Balaban J connectivity index is 0.000000129. The highest BCUT2D eigenvalue weighted by molar-refractivity contribution is 7.08. The first-order valence-corrected chi connectivity index (χ1v) is 45.7. The third kappa shape index (κ3) is 23.3. The molecule has 6 aromatic heterocycles. The predicted octanol–water partition coefficient (Wildman–Crippen LogP) is 30.2. The number of nitrogens with zero attached hydrogens (tertiary/aromatic N) is 11. The van der Waals surface area contributed by atoms with Crippen LogP contribution < -0.4 is 23.7 Å². The molecule has 19 aromatic rings. The van der Waals surface area contributed by atoms with E-state index >= 15 is 0 Å². The Labute approximate surface area is 817 Å². The fraction of sp³-hybridized carbons (Fsp3) is 0.164. The number of thiophene rings is 1. The average Bonchev–Trinajstić information content (AvgIpc) is 1.76. The molecule has 0 N–H and O–H groups in total. The summed E-state index contributed by atoms with van der Waals surface area (Å²) in [5.74, 6) is 6.05. The lowest BCUT2D eigenvalue weighted by Gasteiger charge is -2.21. The van der Waals surface area contributed by atoms with Gasteiger partial charge in [-0.2, -0.15) is 62.6 Å². The van der Waals surface area contributed by atoms with Gasteiger partial charge in [-0.3, -0.25) is 10.1 Å². The van der Waals surface area contributed by atoms with Crippen molar-refractivity contribution < 1.29 is 90.7 Å². The van der Waals surface area contributed by atoms with Crippen LogP contribution in [0, 0.1) is 44.7 Å². The van der Waals surface area contributed by atoms with Gasteiger partial charge in [-0.25, -0.2) is 0 Å². The Kier molecular flexibility index (Phi) is 30.5. The van der Waals surface area contributed by atoms with Crippen LogP contribution in [-0.2, 0) is 12.4 Å². The summed E-state index contributed by atoms with van der Waals surface area (Å²) >= 11 is 1.72. The van der Waals surface area contributed by atoms with Crippen molar-refractivity contribution >= 4 is 17.0 Å². The molecule has 724 valence electrons. The van der Waals surface area contributed by atoms with Gasteiger partial charge in [0.2, 0.25) is 29.1 Å². The summed E-state index contributed by atoms with van der Waals surface area (Å²) < 4.78 is 171. The SMILES string of the molecule is COc1ccccc1-c1noc(-c2ccc(-c3ccccc3C(F)(F)F)c(C)c2)n1.COc1ccccc1-c1noc(-c2ccc(-c3ccccc3C)c([N+](=O)[O-])c2)n1.COc1ccccc1-c1noc(-c2ccc(-c3cscc3C)c(C)c2)n1.COc1ccccc1-c1noc(-c2ccc(C3CCCCC3)cc2)n1.Cc1cc(-c2nc(-c3ccccc3OC(F)(F)F)no2)ccc1-c1ccccc1C(F)(F)F. The molecule has 23 nitrogen and oxygen atoms in total. The van der Waals surface area contributed by atoms with Gasteiger partial charge in [0, 0.05) is 33.9 Å². The van der Waals surface area contributed by atoms with Crippen LogP contribution in [0.25, 0.3) is 159 Å². The average molecular weight is 1960 g/mol. The van der Waals surface area contributed by atoms with Crippen LogP contribution in [-0.4, -0.2) is 90.4 Å². The van der Waals surface area contributed by atoms with E-state index in [0.29, 0.717) is 108 Å². The van der Waals surface area contributed by atoms with E-state index in [1.165, 1.54) is 127 Å². The first kappa shape index (κ1) is 99.1. The number of rotatable bonds is 21. The second kappa shape index (κ2) is 44.0. The van der Waals surface area contributed by atoms with Gasteiger partial charge in [0.15, 0.2) is 0 Å². The summed E-state index contributed by atoms with van der Waals surface area (Å²) in [7, 11) is 6.40. The zero-order chi connectivity index (χ0) is 101. The summed E-state index contributed by atoms with van der Waals surface area (Å²) in [6.45, 7) is 9.55. The maximum Gasteiger partial charge on any atom is 0.573 e. The fourth-order valence-corrected chi connectivity index (χ4v) is 17.4. The molecule has 0 saturated heterocycles. The van der Waals surface area contributed by atoms with Gasteiger partial charge in [-0.1, -0.05) is 197 Å². The molecule has 1 aliphatic carbocycles. The number of nitro groups is 1. The molecule has 6 heterocycles. The lowest BCUT2D eigenvalue weighted by molar-refractivity contribution is -0.384. The molecule has 0 radical (unpaired) electrons. The summed E-state index contributed by atoms with van der Waals surface area (Å²) in [5.41, 5.74) is 15.8. The minimum absolute atomic E-state index is 0.00873. The van der Waals surface area contributed by atoms with Crippen LogP contribution in [0.3, 0.4) is 0 Å². The standard InChI is InChI=1S/C23H14F6N2O2.C23H17F3N2O2.C22H17N3O4.C21H18N2O2S.C21H22N2O2/c1-13-12-14(10-11-15(13)16-6-2-4-8-18(16)22(24,25)26)21-30-20(31-33-21)17-7-3-5-9-19(17)32-23(27,28)29;1-14-13-15(11-12-16(14)17-7-3-5-9-19(17)23(24,25)26)22-27-21(28-30-22)18-8-4-6-10-20(18)29-2;1-14-7-3-4-8-16(14)17-12-11-15(13-19(17)25(26)27)22-23-21(24-29-22)18-9-5-6-10-20(18)28-2;1-13-10-15(8-9-16(13)18-12-26-11-14(18)2)21-22-20(23-25-21)17-6-4-5-7-19(17)24-3;1-24-19-10-6-5-9-18(19)20-22-21(25-23-20)17-13-11-16(12-14-17)15-7-3-2-4-8-15/h2-12H,1H3;3-13H,1-2H3;3-13H,1-2H3;4-12H,1-3H3;5-6,9-15H,2-4,7-8H2,1H3. The molecule has 0 spiro atoms. The number of ether oxygens (including phenoxy) is 5. The first-order valence-electron chi connectivity index (χ1n) is 44.7. The van der Waals surface area contributed by atoms with E-state index in [1.54, 1.807) is 108 Å². The molecule has 1 saturated carbocycles. The zero-order valence-electron chi connectivity index (χ0n) is 78.1. The van der Waals surface area contributed by atoms with Gasteiger partial charge < -0.3 is 46.3 Å². The molecule has 20 rings (SSSR count). The number of aryl methyl sites for hydroxylation is 5. The molecule has 0 bridgehead atoms. The van der Waals surface area contributed by atoms with E-state index in [-0.39, 0.29) is 45.9 Å². The number of para-hydroxylation sites is 5. The van der Waals surface area contributed by atoms with E-state index in [4.69, 9.17) is 41.6 Å². The predicted molar refractivity (Wildman–Crippen MR) is 525 cm³/mol. The highest BCUT2D eigenvalue weighted by Crippen LogP contribution is 2.46. The van der Waals surface area contributed by atoms with Crippen molar-refractivity contribution in [1.82, 2.24) is 50.7 Å². The summed E-state index contributed by atoms with van der Waals surface area (Å²) in [4.78, 5) is 33.4. The van der Waals surface area contributed by atoms with Gasteiger partial charge >= 0.3 is 18.7 Å². The Morgan fingerprint density at radius 3 is 0.930 bits per heavy atom. The molecular weight excluding hydrogens is 1870 g/mol. The monoisotopic (exact) mass is 1960 g/mol. The number of hydrogen-bond donors (Lipinski definition) is 0. The topological polar surface area (TPSA) is 284 Å². The molecule has 13 aromatic carbocycles. The maximum atomic E-state index is 13.4. The third-order valence-electron chi connectivity index (χ3n) is 23.6. The van der Waals surface area contributed by atoms with Crippen molar-refractivity contribution in [2.24, 2.45) is 0 Å². The lowest BCUT2D eigenvalue weighted by atomic mass is 9.84. The van der Waals surface area contributed by atoms with Crippen molar-refractivity contribution in [2.45, 2.75) is 91.4 Å². The Morgan fingerprint density at radius 2 is 0.601 bits per heavy atom. The van der Waals surface area contributed by atoms with Gasteiger partial charge in [0.05, 0.1) is 77.9 Å². The molecule has 0 aliphatic heterocycles. The Hall–Kier alpha value is -17.0. The van der Waals surface area contributed by atoms with Gasteiger partial charge in [0.25, 0.3) is 35.1 Å². The number of hydrogen-bond acceptors (Lipinski definition) is 23. The smallest absolute Gasteiger partial charge is 0.496 e. The molecule has 1 fully saturated rings. The first-order chi connectivity index (χ1) is 69.0. The van der Waals surface area contributed by atoms with Crippen molar-refractivity contribution in [1.29, 1.82) is 0 Å². The number of alkyl halides is 9. The molecular formula is C110H88F9N11O12S. The van der Waals surface area contributed by atoms with Crippen LogP contribution in [0.4, 0.5) is 45.2 Å². The van der Waals surface area contributed by atoms with Crippen molar-refractivity contribution in [2.75, 3.05) is 28.4 Å². The third-order valence-corrected chi connectivity index (χ3v) is 24.5. The summed E-state index contributed by atoms with van der Waals surface area (Å²) in [6.07, 6.45) is -7.18. The molecule has 0 atom stereocenters. The van der Waals surface area contributed by atoms with Crippen LogP contribution in [0.2, 0.25) is 0 Å². The number of methoxy groups -OCH3 is 4. The highest BCUT2D eigenvalue weighted by Gasteiger charge is 2.37. The van der Waals surface area contributed by atoms with Crippen molar-refractivity contribution in [3.05, 3.63) is 357 Å². The minimum atomic E-state index is -4.90. The zero-order valence-corrected chi connectivity index (χ0v) is 78.9. The second-order valence-corrected chi connectivity index (χ2v) is 33.6. The summed E-state index contributed by atoms with van der Waals surface area (Å²) in [5, 5.41) is 36.1. The van der Waals surface area contributed by atoms with Crippen LogP contribution in [0.15, 0.2) is 325 Å². The van der Waals surface area contributed by atoms with E-state index in [1.807, 2.05) is 122 Å². The number of halogens is 9. The molecule has 1 aliphatic rings. The normalized spacial score (nSPS) is 12.0. The number of benzene rings is 13.